The summed E-state index contributed by atoms with van der Waals surface area (Å²) in [5.74, 6) is -0.222. The first kappa shape index (κ1) is 17.6. The lowest BCUT2D eigenvalue weighted by atomic mass is 10.3. The van der Waals surface area contributed by atoms with Gasteiger partial charge in [0.25, 0.3) is 5.91 Å². The van der Waals surface area contributed by atoms with Gasteiger partial charge in [-0.05, 0) is 30.3 Å². The van der Waals surface area contributed by atoms with Crippen LogP contribution in [-0.2, 0) is 14.8 Å². The molecule has 23 heavy (non-hydrogen) atoms. The number of amides is 1. The molecule has 6 nitrogen and oxygen atoms in total. The smallest absolute Gasteiger partial charge is 0.262 e. The standard InChI is InChI=1S/C14H12Cl2N2O4S/c15-9-4-5-12(16)13(6-9)22-8-14(19)18-10-2-1-3-11(7-10)23(17,20)21/h1-7H,8H2,(H,18,19)(H2,17,20,21). The minimum atomic E-state index is -3.84. The SMILES string of the molecule is NS(=O)(=O)c1cccc(NC(=O)COc2cc(Cl)ccc2Cl)c1. The van der Waals surface area contributed by atoms with E-state index >= 15 is 0 Å². The molecule has 2 aromatic rings. The predicted octanol–water partition coefficient (Wildman–Crippen LogP) is 2.66. The Labute approximate surface area is 143 Å². The number of rotatable bonds is 5. The zero-order valence-electron chi connectivity index (χ0n) is 11.6. The molecule has 9 heteroatoms. The third-order valence-corrected chi connectivity index (χ3v) is 4.16. The molecular weight excluding hydrogens is 363 g/mol. The van der Waals surface area contributed by atoms with Crippen molar-refractivity contribution >= 4 is 44.8 Å². The average molecular weight is 375 g/mol. The van der Waals surface area contributed by atoms with Crippen molar-refractivity contribution in [2.45, 2.75) is 4.90 Å². The molecule has 0 aliphatic carbocycles. The van der Waals surface area contributed by atoms with Crippen molar-refractivity contribution in [2.24, 2.45) is 5.14 Å². The minimum Gasteiger partial charge on any atom is -0.482 e. The Morgan fingerprint density at radius 2 is 1.91 bits per heavy atom. The second-order valence-corrected chi connectivity index (χ2v) is 6.89. The lowest BCUT2D eigenvalue weighted by Gasteiger charge is -2.09. The Morgan fingerprint density at radius 1 is 1.17 bits per heavy atom. The first-order valence-corrected chi connectivity index (χ1v) is 8.56. The molecule has 0 saturated carbocycles. The quantitative estimate of drug-likeness (QED) is 0.839. The van der Waals surface area contributed by atoms with E-state index in [2.05, 4.69) is 5.32 Å². The molecule has 3 N–H and O–H groups in total. The van der Waals surface area contributed by atoms with Gasteiger partial charge in [-0.15, -0.1) is 0 Å². The number of sulfonamides is 1. The van der Waals surface area contributed by atoms with Crippen molar-refractivity contribution in [3.8, 4) is 5.75 Å². The van der Waals surface area contributed by atoms with E-state index in [0.717, 1.165) is 0 Å². The van der Waals surface area contributed by atoms with E-state index in [4.69, 9.17) is 33.1 Å². The van der Waals surface area contributed by atoms with Gasteiger partial charge in [0.15, 0.2) is 6.61 Å². The van der Waals surface area contributed by atoms with E-state index in [-0.39, 0.29) is 22.9 Å². The van der Waals surface area contributed by atoms with Gasteiger partial charge in [-0.2, -0.15) is 0 Å². The first-order valence-electron chi connectivity index (χ1n) is 6.26. The van der Waals surface area contributed by atoms with Gasteiger partial charge in [0, 0.05) is 16.8 Å². The number of primary sulfonamides is 1. The van der Waals surface area contributed by atoms with Crippen molar-refractivity contribution in [3.05, 3.63) is 52.5 Å². The number of nitrogens with one attached hydrogen (secondary N) is 1. The lowest BCUT2D eigenvalue weighted by molar-refractivity contribution is -0.118. The van der Waals surface area contributed by atoms with Crippen LogP contribution in [0.3, 0.4) is 0 Å². The molecule has 0 aliphatic rings. The van der Waals surface area contributed by atoms with Crippen molar-refractivity contribution in [1.29, 1.82) is 0 Å². The predicted molar refractivity (Wildman–Crippen MR) is 88.4 cm³/mol. The van der Waals surface area contributed by atoms with E-state index in [9.17, 15) is 13.2 Å². The van der Waals surface area contributed by atoms with Gasteiger partial charge >= 0.3 is 0 Å². The Hall–Kier alpha value is -1.80. The van der Waals surface area contributed by atoms with Crippen molar-refractivity contribution in [2.75, 3.05) is 11.9 Å². The summed E-state index contributed by atoms with van der Waals surface area (Å²) in [6.45, 7) is -0.320. The molecule has 2 rings (SSSR count). The van der Waals surface area contributed by atoms with Gasteiger partial charge < -0.3 is 10.1 Å². The summed E-state index contributed by atoms with van der Waals surface area (Å²) in [6, 6.07) is 10.2. The van der Waals surface area contributed by atoms with E-state index in [1.807, 2.05) is 0 Å². The summed E-state index contributed by atoms with van der Waals surface area (Å²) in [7, 11) is -3.84. The van der Waals surface area contributed by atoms with Gasteiger partial charge in [-0.25, -0.2) is 13.6 Å². The highest BCUT2D eigenvalue weighted by atomic mass is 35.5. The zero-order valence-corrected chi connectivity index (χ0v) is 14.0. The number of hydrogen-bond acceptors (Lipinski definition) is 4. The molecule has 0 unspecified atom stereocenters. The third-order valence-electron chi connectivity index (χ3n) is 2.70. The molecule has 0 spiro atoms. The van der Waals surface area contributed by atoms with E-state index < -0.39 is 15.9 Å². The number of benzene rings is 2. The normalized spacial score (nSPS) is 11.1. The number of ether oxygens (including phenoxy) is 1. The van der Waals surface area contributed by atoms with Crippen LogP contribution in [0.4, 0.5) is 5.69 Å². The number of halogens is 2. The highest BCUT2D eigenvalue weighted by Crippen LogP contribution is 2.27. The van der Waals surface area contributed by atoms with Gasteiger partial charge in [0.1, 0.15) is 5.75 Å². The summed E-state index contributed by atoms with van der Waals surface area (Å²) in [4.78, 5) is 11.7. The Morgan fingerprint density at radius 3 is 2.61 bits per heavy atom. The van der Waals surface area contributed by atoms with Crippen LogP contribution in [0, 0.1) is 0 Å². The lowest BCUT2D eigenvalue weighted by Crippen LogP contribution is -2.20. The monoisotopic (exact) mass is 374 g/mol. The van der Waals surface area contributed by atoms with Crippen molar-refractivity contribution in [1.82, 2.24) is 0 Å². The maximum absolute atomic E-state index is 11.9. The van der Waals surface area contributed by atoms with Crippen molar-refractivity contribution < 1.29 is 17.9 Å². The van der Waals surface area contributed by atoms with Crippen LogP contribution in [0.1, 0.15) is 0 Å². The van der Waals surface area contributed by atoms with Crippen LogP contribution in [0.15, 0.2) is 47.4 Å². The first-order chi connectivity index (χ1) is 10.8. The molecule has 0 saturated heterocycles. The van der Waals surface area contributed by atoms with Gasteiger partial charge in [0.05, 0.1) is 9.92 Å². The fourth-order valence-corrected chi connectivity index (χ4v) is 2.57. The van der Waals surface area contributed by atoms with E-state index in [0.29, 0.717) is 10.0 Å². The van der Waals surface area contributed by atoms with Gasteiger partial charge in [0.2, 0.25) is 10.0 Å². The molecule has 1 amide bonds. The summed E-state index contributed by atoms with van der Waals surface area (Å²) < 4.78 is 27.8. The molecule has 0 atom stereocenters. The minimum absolute atomic E-state index is 0.103. The molecule has 2 aromatic carbocycles. The highest BCUT2D eigenvalue weighted by molar-refractivity contribution is 7.89. The largest absolute Gasteiger partial charge is 0.482 e. The highest BCUT2D eigenvalue weighted by Gasteiger charge is 2.10. The average Bonchev–Trinajstić information content (AvgIpc) is 2.47. The van der Waals surface area contributed by atoms with Crippen LogP contribution in [0.2, 0.25) is 10.0 Å². The van der Waals surface area contributed by atoms with Crippen LogP contribution in [0.5, 0.6) is 5.75 Å². The Kier molecular flexibility index (Phi) is 5.48. The summed E-state index contributed by atoms with van der Waals surface area (Å²) in [6.07, 6.45) is 0. The number of carbonyl (C=O) groups excluding carboxylic acids is 1. The van der Waals surface area contributed by atoms with Crippen LogP contribution >= 0.6 is 23.2 Å². The van der Waals surface area contributed by atoms with Crippen LogP contribution < -0.4 is 15.2 Å². The fourth-order valence-electron chi connectivity index (χ4n) is 1.68. The molecule has 0 bridgehead atoms. The number of carbonyl (C=O) groups is 1. The molecule has 0 fully saturated rings. The molecule has 0 radical (unpaired) electrons. The maximum Gasteiger partial charge on any atom is 0.262 e. The molecular formula is C14H12Cl2N2O4S. The Balaban J connectivity index is 2.01. The van der Waals surface area contributed by atoms with Crippen LogP contribution in [0.25, 0.3) is 0 Å². The summed E-state index contributed by atoms with van der Waals surface area (Å²) in [5.41, 5.74) is 0.280. The summed E-state index contributed by atoms with van der Waals surface area (Å²) >= 11 is 11.7. The summed E-state index contributed by atoms with van der Waals surface area (Å²) in [5, 5.41) is 8.27. The second kappa shape index (κ2) is 7.18. The van der Waals surface area contributed by atoms with E-state index in [1.54, 1.807) is 12.1 Å². The number of anilines is 1. The Bertz CT molecular complexity index is 840. The maximum atomic E-state index is 11.9. The molecule has 122 valence electrons. The number of nitrogens with two attached hydrogens (primary N) is 1. The van der Waals surface area contributed by atoms with Crippen molar-refractivity contribution in [3.63, 3.8) is 0 Å². The van der Waals surface area contributed by atoms with E-state index in [1.165, 1.54) is 30.3 Å². The molecule has 0 heterocycles. The molecule has 0 aliphatic heterocycles. The van der Waals surface area contributed by atoms with Gasteiger partial charge in [-0.1, -0.05) is 29.3 Å². The number of hydrogen-bond donors (Lipinski definition) is 2. The third kappa shape index (κ3) is 5.11. The molecule has 0 aromatic heterocycles. The topological polar surface area (TPSA) is 98.5 Å². The van der Waals surface area contributed by atoms with Crippen LogP contribution in [-0.4, -0.2) is 20.9 Å². The second-order valence-electron chi connectivity index (χ2n) is 4.48. The van der Waals surface area contributed by atoms with Gasteiger partial charge in [-0.3, -0.25) is 4.79 Å². The fraction of sp³-hybridized carbons (Fsp3) is 0.0714. The zero-order chi connectivity index (χ0) is 17.0.